The normalized spacial score (nSPS) is 11.2. The van der Waals surface area contributed by atoms with Crippen molar-refractivity contribution in [3.05, 3.63) is 72.4 Å². The number of fused-ring (bicyclic) bond motifs is 1. The van der Waals surface area contributed by atoms with Crippen molar-refractivity contribution >= 4 is 23.1 Å². The number of para-hydroxylation sites is 2. The number of aromatic nitrogens is 2. The Kier molecular flexibility index (Phi) is 3.95. The molecule has 4 N–H and O–H groups in total. The van der Waals surface area contributed by atoms with Crippen molar-refractivity contribution in [2.24, 2.45) is 21.7 Å². The van der Waals surface area contributed by atoms with Crippen molar-refractivity contribution < 1.29 is 4.42 Å². The van der Waals surface area contributed by atoms with Crippen LogP contribution < -0.4 is 11.5 Å². The predicted octanol–water partition coefficient (Wildman–Crippen LogP) is 2.89. The molecule has 0 amide bonds. The van der Waals surface area contributed by atoms with E-state index in [-0.39, 0.29) is 5.96 Å². The molecule has 4 aromatic rings. The van der Waals surface area contributed by atoms with Gasteiger partial charge in [-0.05, 0) is 24.3 Å². The van der Waals surface area contributed by atoms with E-state index in [1.54, 1.807) is 10.9 Å². The Hall–Kier alpha value is -3.87. The molecule has 7 heteroatoms. The summed E-state index contributed by atoms with van der Waals surface area (Å²) < 4.78 is 7.71. The van der Waals surface area contributed by atoms with E-state index in [0.29, 0.717) is 11.5 Å². The Balaban J connectivity index is 1.84. The van der Waals surface area contributed by atoms with Crippen molar-refractivity contribution in [3.8, 4) is 17.1 Å². The van der Waals surface area contributed by atoms with E-state index in [1.165, 1.54) is 0 Å². The zero-order valence-electron chi connectivity index (χ0n) is 13.8. The zero-order chi connectivity index (χ0) is 17.9. The molecule has 0 bridgehead atoms. The minimum atomic E-state index is -0.109. The van der Waals surface area contributed by atoms with Crippen LogP contribution in [0.25, 0.3) is 28.1 Å². The Morgan fingerprint density at radius 3 is 2.58 bits per heavy atom. The molecular formula is C19H16N6O. The highest BCUT2D eigenvalue weighted by molar-refractivity contribution is 5.91. The van der Waals surface area contributed by atoms with Crippen LogP contribution in [-0.4, -0.2) is 22.0 Å². The summed E-state index contributed by atoms with van der Waals surface area (Å²) in [5.41, 5.74) is 13.8. The summed E-state index contributed by atoms with van der Waals surface area (Å²) >= 11 is 0. The van der Waals surface area contributed by atoms with Crippen molar-refractivity contribution in [3.63, 3.8) is 0 Å². The van der Waals surface area contributed by atoms with E-state index < -0.39 is 0 Å². The van der Waals surface area contributed by atoms with E-state index in [1.807, 2.05) is 66.9 Å². The quantitative estimate of drug-likeness (QED) is 0.337. The third kappa shape index (κ3) is 3.05. The summed E-state index contributed by atoms with van der Waals surface area (Å²) in [5, 5.41) is 13.2. The van der Waals surface area contributed by atoms with Crippen LogP contribution in [0.15, 0.2) is 81.5 Å². The molecule has 0 saturated carbocycles. The summed E-state index contributed by atoms with van der Waals surface area (Å²) in [6.07, 6.45) is 3.40. The molecule has 0 spiro atoms. The maximum absolute atomic E-state index is 5.95. The van der Waals surface area contributed by atoms with Crippen LogP contribution in [0.3, 0.4) is 0 Å². The lowest BCUT2D eigenvalue weighted by atomic mass is 10.2. The first-order valence-electron chi connectivity index (χ1n) is 7.97. The Morgan fingerprint density at radius 1 is 1.04 bits per heavy atom. The van der Waals surface area contributed by atoms with Gasteiger partial charge < -0.3 is 15.9 Å². The number of nitrogens with two attached hydrogens (primary N) is 2. The molecule has 7 nitrogen and oxygen atoms in total. The highest BCUT2D eigenvalue weighted by atomic mass is 16.3. The average Bonchev–Trinajstić information content (AvgIpc) is 3.26. The van der Waals surface area contributed by atoms with Crippen LogP contribution >= 0.6 is 0 Å². The number of benzene rings is 2. The molecule has 2 aromatic carbocycles. The second-order valence-corrected chi connectivity index (χ2v) is 5.63. The Bertz CT molecular complexity index is 1070. The number of rotatable bonds is 4. The second kappa shape index (κ2) is 6.56. The minimum absolute atomic E-state index is 0.109. The first-order chi connectivity index (χ1) is 12.7. The lowest BCUT2D eigenvalue weighted by Gasteiger charge is -1.98. The Morgan fingerprint density at radius 2 is 1.81 bits per heavy atom. The summed E-state index contributed by atoms with van der Waals surface area (Å²) in [5.74, 6) is 0.536. The van der Waals surface area contributed by atoms with Crippen molar-refractivity contribution in [1.29, 1.82) is 0 Å². The van der Waals surface area contributed by atoms with Gasteiger partial charge in [0, 0.05) is 17.1 Å². The summed E-state index contributed by atoms with van der Waals surface area (Å²) in [7, 11) is 0. The van der Waals surface area contributed by atoms with Crippen molar-refractivity contribution in [2.45, 2.75) is 0 Å². The number of hydrogen-bond acceptors (Lipinski definition) is 4. The van der Waals surface area contributed by atoms with Gasteiger partial charge in [-0.15, -0.1) is 5.10 Å². The largest absolute Gasteiger partial charge is 0.454 e. The maximum Gasteiger partial charge on any atom is 0.211 e. The fourth-order valence-corrected chi connectivity index (χ4v) is 2.64. The van der Waals surface area contributed by atoms with Gasteiger partial charge in [-0.3, -0.25) is 0 Å². The molecule has 0 saturated heterocycles. The van der Waals surface area contributed by atoms with E-state index in [9.17, 15) is 0 Å². The summed E-state index contributed by atoms with van der Waals surface area (Å²) in [6.45, 7) is 0. The number of nitrogens with zero attached hydrogens (tertiary/aromatic N) is 4. The molecule has 2 heterocycles. The van der Waals surface area contributed by atoms with Gasteiger partial charge in [0.05, 0.1) is 11.9 Å². The van der Waals surface area contributed by atoms with Gasteiger partial charge in [0.25, 0.3) is 0 Å². The highest BCUT2D eigenvalue weighted by Gasteiger charge is 2.15. The van der Waals surface area contributed by atoms with E-state index >= 15 is 0 Å². The first kappa shape index (κ1) is 15.6. The molecule has 0 aliphatic heterocycles. The molecule has 128 valence electrons. The number of hydrogen-bond donors (Lipinski definition) is 2. The van der Waals surface area contributed by atoms with E-state index in [2.05, 4.69) is 15.3 Å². The molecule has 26 heavy (non-hydrogen) atoms. The lowest BCUT2D eigenvalue weighted by molar-refractivity contribution is 0.627. The van der Waals surface area contributed by atoms with Crippen LogP contribution in [0.4, 0.5) is 0 Å². The van der Waals surface area contributed by atoms with Crippen LogP contribution in [0.5, 0.6) is 0 Å². The van der Waals surface area contributed by atoms with Crippen LogP contribution in [0.2, 0.25) is 0 Å². The molecule has 0 unspecified atom stereocenters. The highest BCUT2D eigenvalue weighted by Crippen LogP contribution is 2.29. The standard InChI is InChI=1S/C19H16N6O/c20-19(21)23-22-11-14-12-25(15-7-2-1-3-8-15)24-18(14)17-10-13-6-4-5-9-16(13)26-17/h1-12H,(H4,20,21,23)/b22-11-. The molecule has 0 aliphatic carbocycles. The van der Waals surface area contributed by atoms with Gasteiger partial charge in [-0.2, -0.15) is 10.2 Å². The van der Waals surface area contributed by atoms with Gasteiger partial charge in [-0.25, -0.2) is 4.68 Å². The van der Waals surface area contributed by atoms with Crippen LogP contribution in [-0.2, 0) is 0 Å². The number of guanidine groups is 1. The predicted molar refractivity (Wildman–Crippen MR) is 102 cm³/mol. The topological polar surface area (TPSA) is 108 Å². The maximum atomic E-state index is 5.95. The molecule has 0 aliphatic rings. The molecular weight excluding hydrogens is 328 g/mol. The zero-order valence-corrected chi connectivity index (χ0v) is 13.8. The van der Waals surface area contributed by atoms with Gasteiger partial charge in [0.2, 0.25) is 5.96 Å². The third-order valence-corrected chi connectivity index (χ3v) is 3.79. The van der Waals surface area contributed by atoms with Gasteiger partial charge in [0.15, 0.2) is 5.76 Å². The third-order valence-electron chi connectivity index (χ3n) is 3.79. The first-order valence-corrected chi connectivity index (χ1v) is 7.97. The smallest absolute Gasteiger partial charge is 0.211 e. The number of furan rings is 1. The second-order valence-electron chi connectivity index (χ2n) is 5.63. The summed E-state index contributed by atoms with van der Waals surface area (Å²) in [6, 6.07) is 19.5. The van der Waals surface area contributed by atoms with E-state index in [0.717, 1.165) is 22.2 Å². The molecule has 0 fully saturated rings. The van der Waals surface area contributed by atoms with E-state index in [4.69, 9.17) is 15.9 Å². The minimum Gasteiger partial charge on any atom is -0.454 e. The Labute approximate surface area is 149 Å². The fraction of sp³-hybridized carbons (Fsp3) is 0. The van der Waals surface area contributed by atoms with Crippen molar-refractivity contribution in [1.82, 2.24) is 9.78 Å². The van der Waals surface area contributed by atoms with Gasteiger partial charge in [-0.1, -0.05) is 36.4 Å². The molecule has 4 rings (SSSR count). The SMILES string of the molecule is NC(N)=N/N=C\c1cn(-c2ccccc2)nc1-c1cc2ccccc2o1. The van der Waals surface area contributed by atoms with Gasteiger partial charge in [0.1, 0.15) is 11.3 Å². The fourth-order valence-electron chi connectivity index (χ4n) is 2.64. The lowest BCUT2D eigenvalue weighted by Crippen LogP contribution is -2.21. The summed E-state index contributed by atoms with van der Waals surface area (Å²) in [4.78, 5) is 0. The molecule has 2 aromatic heterocycles. The molecule has 0 atom stereocenters. The van der Waals surface area contributed by atoms with Gasteiger partial charge >= 0.3 is 0 Å². The molecule has 0 radical (unpaired) electrons. The van der Waals surface area contributed by atoms with Crippen LogP contribution in [0.1, 0.15) is 5.56 Å². The monoisotopic (exact) mass is 344 g/mol. The van der Waals surface area contributed by atoms with Crippen molar-refractivity contribution in [2.75, 3.05) is 0 Å². The average molecular weight is 344 g/mol. The van der Waals surface area contributed by atoms with Crippen LogP contribution in [0, 0.1) is 0 Å².